The monoisotopic (exact) mass is 203 g/mol. The minimum absolute atomic E-state index is 0.0136. The molecule has 1 N–H and O–H groups in total. The summed E-state index contributed by atoms with van der Waals surface area (Å²) in [6.07, 6.45) is 6.55. The largest absolute Gasteiger partial charge is 0.481 e. The summed E-state index contributed by atoms with van der Waals surface area (Å²) in [4.78, 5) is 14.4. The number of nitrogens with zero attached hydrogens (tertiary/aromatic N) is 3. The van der Waals surface area contributed by atoms with E-state index in [1.54, 1.807) is 35.5 Å². The van der Waals surface area contributed by atoms with Gasteiger partial charge >= 0.3 is 5.97 Å². The topological polar surface area (TPSA) is 68.0 Å². The third kappa shape index (κ3) is 2.19. The van der Waals surface area contributed by atoms with Crippen LogP contribution in [-0.2, 0) is 11.2 Å². The van der Waals surface area contributed by atoms with E-state index in [1.165, 1.54) is 0 Å². The Labute approximate surface area is 86.0 Å². The third-order valence-corrected chi connectivity index (χ3v) is 1.90. The number of carboxylic acids is 1. The van der Waals surface area contributed by atoms with Gasteiger partial charge in [-0.3, -0.25) is 9.78 Å². The lowest BCUT2D eigenvalue weighted by Gasteiger charge is -1.97. The Bertz CT molecular complexity index is 465. The summed E-state index contributed by atoms with van der Waals surface area (Å²) >= 11 is 0. The van der Waals surface area contributed by atoms with Gasteiger partial charge in [0.15, 0.2) is 0 Å². The van der Waals surface area contributed by atoms with Crippen molar-refractivity contribution in [3.05, 3.63) is 42.5 Å². The van der Waals surface area contributed by atoms with E-state index in [1.807, 2.05) is 6.07 Å². The number of pyridine rings is 1. The number of rotatable bonds is 3. The zero-order valence-electron chi connectivity index (χ0n) is 7.87. The van der Waals surface area contributed by atoms with Gasteiger partial charge in [-0.15, -0.1) is 0 Å². The third-order valence-electron chi connectivity index (χ3n) is 1.90. The minimum Gasteiger partial charge on any atom is -0.481 e. The molecule has 2 heterocycles. The molecule has 0 unspecified atom stereocenters. The molecule has 0 aliphatic rings. The van der Waals surface area contributed by atoms with Gasteiger partial charge in [-0.2, -0.15) is 5.10 Å². The first kappa shape index (κ1) is 9.39. The summed E-state index contributed by atoms with van der Waals surface area (Å²) in [5, 5.41) is 12.7. The van der Waals surface area contributed by atoms with Gasteiger partial charge in [0.2, 0.25) is 0 Å². The van der Waals surface area contributed by atoms with Gasteiger partial charge in [-0.05, 0) is 12.1 Å². The van der Waals surface area contributed by atoms with Crippen LogP contribution in [-0.4, -0.2) is 25.8 Å². The van der Waals surface area contributed by atoms with Crippen LogP contribution >= 0.6 is 0 Å². The maximum Gasteiger partial charge on any atom is 0.307 e. The number of hydrogen-bond acceptors (Lipinski definition) is 3. The van der Waals surface area contributed by atoms with Crippen molar-refractivity contribution >= 4 is 5.97 Å². The van der Waals surface area contributed by atoms with Gasteiger partial charge in [0.1, 0.15) is 0 Å². The van der Waals surface area contributed by atoms with Crippen LogP contribution in [0.2, 0.25) is 0 Å². The Hall–Kier alpha value is -2.17. The zero-order valence-corrected chi connectivity index (χ0v) is 7.87. The van der Waals surface area contributed by atoms with Crippen LogP contribution in [0.5, 0.6) is 0 Å². The van der Waals surface area contributed by atoms with Gasteiger partial charge in [0.25, 0.3) is 0 Å². The Balaban J connectivity index is 2.24. The normalized spacial score (nSPS) is 10.1. The molecule has 2 rings (SSSR count). The number of carbonyl (C=O) groups is 1. The predicted molar refractivity (Wildman–Crippen MR) is 52.7 cm³/mol. The highest BCUT2D eigenvalue weighted by Gasteiger charge is 2.04. The Kier molecular flexibility index (Phi) is 2.45. The molecule has 0 fully saturated rings. The van der Waals surface area contributed by atoms with Gasteiger partial charge in [-0.1, -0.05) is 0 Å². The number of hydrogen-bond donors (Lipinski definition) is 1. The second kappa shape index (κ2) is 3.91. The second-order valence-electron chi connectivity index (χ2n) is 3.07. The van der Waals surface area contributed by atoms with Crippen molar-refractivity contribution in [2.45, 2.75) is 6.42 Å². The minimum atomic E-state index is -0.860. The van der Waals surface area contributed by atoms with E-state index in [9.17, 15) is 4.79 Å². The van der Waals surface area contributed by atoms with Gasteiger partial charge in [-0.25, -0.2) is 4.68 Å². The molecule has 2 aromatic heterocycles. The summed E-state index contributed by atoms with van der Waals surface area (Å²) in [7, 11) is 0. The Morgan fingerprint density at radius 3 is 3.00 bits per heavy atom. The molecule has 5 nitrogen and oxygen atoms in total. The lowest BCUT2D eigenvalue weighted by molar-refractivity contribution is -0.136. The van der Waals surface area contributed by atoms with Crippen molar-refractivity contribution in [3.8, 4) is 5.69 Å². The molecule has 0 saturated heterocycles. The molecule has 2 aromatic rings. The molecule has 0 spiro atoms. The van der Waals surface area contributed by atoms with Crippen LogP contribution in [0.4, 0.5) is 0 Å². The van der Waals surface area contributed by atoms with Crippen LogP contribution in [0.15, 0.2) is 36.9 Å². The summed E-state index contributed by atoms with van der Waals surface area (Å²) < 4.78 is 1.60. The van der Waals surface area contributed by atoms with Crippen LogP contribution in [0.3, 0.4) is 0 Å². The highest BCUT2D eigenvalue weighted by molar-refractivity contribution is 5.69. The van der Waals surface area contributed by atoms with Crippen molar-refractivity contribution < 1.29 is 9.90 Å². The molecule has 0 saturated carbocycles. The van der Waals surface area contributed by atoms with Crippen molar-refractivity contribution in [1.82, 2.24) is 14.8 Å². The highest BCUT2D eigenvalue weighted by Crippen LogP contribution is 2.06. The van der Waals surface area contributed by atoms with Crippen molar-refractivity contribution in [1.29, 1.82) is 0 Å². The van der Waals surface area contributed by atoms with Crippen LogP contribution in [0.1, 0.15) is 5.56 Å². The lowest BCUT2D eigenvalue weighted by atomic mass is 10.3. The Morgan fingerprint density at radius 2 is 2.33 bits per heavy atom. The lowest BCUT2D eigenvalue weighted by Crippen LogP contribution is -1.98. The highest BCUT2D eigenvalue weighted by atomic mass is 16.4. The van der Waals surface area contributed by atoms with Crippen LogP contribution in [0, 0.1) is 0 Å². The van der Waals surface area contributed by atoms with E-state index in [4.69, 9.17) is 5.11 Å². The van der Waals surface area contributed by atoms with Crippen molar-refractivity contribution in [3.63, 3.8) is 0 Å². The summed E-state index contributed by atoms with van der Waals surface area (Å²) in [6, 6.07) is 3.65. The fourth-order valence-electron chi connectivity index (χ4n) is 1.26. The number of carboxylic acid groups (broad SMARTS) is 1. The van der Waals surface area contributed by atoms with E-state index in [2.05, 4.69) is 10.1 Å². The van der Waals surface area contributed by atoms with Crippen LogP contribution in [0.25, 0.3) is 5.69 Å². The fourth-order valence-corrected chi connectivity index (χ4v) is 1.26. The van der Waals surface area contributed by atoms with E-state index in [-0.39, 0.29) is 6.42 Å². The molecule has 0 atom stereocenters. The average Bonchev–Trinajstić information content (AvgIpc) is 2.67. The molecule has 0 amide bonds. The smallest absolute Gasteiger partial charge is 0.307 e. The first-order valence-electron chi connectivity index (χ1n) is 4.41. The molecule has 76 valence electrons. The maximum absolute atomic E-state index is 10.5. The first-order valence-corrected chi connectivity index (χ1v) is 4.41. The van der Waals surface area contributed by atoms with E-state index in [0.717, 1.165) is 5.69 Å². The fraction of sp³-hybridized carbons (Fsp3) is 0.100. The molecular formula is C10H9N3O2. The predicted octanol–water partition coefficient (Wildman–Crippen LogP) is 0.894. The molecule has 0 bridgehead atoms. The summed E-state index contributed by atoms with van der Waals surface area (Å²) in [5.41, 5.74) is 1.49. The average molecular weight is 203 g/mol. The molecule has 5 heteroatoms. The van der Waals surface area contributed by atoms with Gasteiger partial charge in [0.05, 0.1) is 24.5 Å². The van der Waals surface area contributed by atoms with E-state index in [0.29, 0.717) is 5.56 Å². The number of aromatic nitrogens is 3. The molecule has 15 heavy (non-hydrogen) atoms. The molecule has 0 radical (unpaired) electrons. The van der Waals surface area contributed by atoms with E-state index < -0.39 is 5.97 Å². The van der Waals surface area contributed by atoms with Gasteiger partial charge in [0, 0.05) is 18.0 Å². The van der Waals surface area contributed by atoms with Gasteiger partial charge < -0.3 is 5.11 Å². The molecular weight excluding hydrogens is 194 g/mol. The molecule has 0 aromatic carbocycles. The van der Waals surface area contributed by atoms with Crippen LogP contribution < -0.4 is 0 Å². The first-order chi connectivity index (χ1) is 7.25. The van der Waals surface area contributed by atoms with Crippen molar-refractivity contribution in [2.75, 3.05) is 0 Å². The molecule has 0 aliphatic heterocycles. The SMILES string of the molecule is O=C(O)Cc1cnn(-c2cccnc2)c1. The number of aliphatic carboxylic acids is 1. The zero-order chi connectivity index (χ0) is 10.7. The van der Waals surface area contributed by atoms with Crippen molar-refractivity contribution in [2.24, 2.45) is 0 Å². The van der Waals surface area contributed by atoms with E-state index >= 15 is 0 Å². The molecule has 0 aliphatic carbocycles. The second-order valence-corrected chi connectivity index (χ2v) is 3.07. The maximum atomic E-state index is 10.5. The Morgan fingerprint density at radius 1 is 1.47 bits per heavy atom. The summed E-state index contributed by atoms with van der Waals surface area (Å²) in [6.45, 7) is 0. The summed E-state index contributed by atoms with van der Waals surface area (Å²) in [5.74, 6) is -0.860. The quantitative estimate of drug-likeness (QED) is 0.804. The standard InChI is InChI=1S/C10H9N3O2/c14-10(15)4-8-5-12-13(7-8)9-2-1-3-11-6-9/h1-3,5-7H,4H2,(H,14,15).